The van der Waals surface area contributed by atoms with E-state index in [1.165, 1.54) is 18.6 Å². The summed E-state index contributed by atoms with van der Waals surface area (Å²) in [6.07, 6.45) is 2.45. The Morgan fingerprint density at radius 1 is 1.35 bits per heavy atom. The minimum Gasteiger partial charge on any atom is -0.381 e. The lowest BCUT2D eigenvalue weighted by Gasteiger charge is -2.25. The van der Waals surface area contributed by atoms with Crippen LogP contribution in [0.5, 0.6) is 0 Å². The SMILES string of the molecule is CCCNC(CSC(C)C(C)C)C1CCOC1. The fourth-order valence-electron chi connectivity index (χ4n) is 2.01. The summed E-state index contributed by atoms with van der Waals surface area (Å²) in [5, 5.41) is 4.46. The normalized spacial score (nSPS) is 24.2. The van der Waals surface area contributed by atoms with Crippen LogP contribution < -0.4 is 5.32 Å². The molecule has 1 N–H and O–H groups in total. The van der Waals surface area contributed by atoms with Gasteiger partial charge in [0, 0.05) is 29.6 Å². The summed E-state index contributed by atoms with van der Waals surface area (Å²) in [6.45, 7) is 12.3. The highest BCUT2D eigenvalue weighted by Gasteiger charge is 2.25. The van der Waals surface area contributed by atoms with Gasteiger partial charge in [0.15, 0.2) is 0 Å². The Kier molecular flexibility index (Phi) is 7.56. The van der Waals surface area contributed by atoms with E-state index in [0.29, 0.717) is 6.04 Å². The molecule has 1 aliphatic heterocycles. The van der Waals surface area contributed by atoms with Gasteiger partial charge in [-0.2, -0.15) is 11.8 Å². The number of hydrogen-bond acceptors (Lipinski definition) is 3. The minimum atomic E-state index is 0.642. The van der Waals surface area contributed by atoms with Gasteiger partial charge in [0.2, 0.25) is 0 Å². The van der Waals surface area contributed by atoms with Gasteiger partial charge in [-0.1, -0.05) is 27.7 Å². The molecule has 0 aliphatic carbocycles. The summed E-state index contributed by atoms with van der Waals surface area (Å²) in [5.74, 6) is 2.73. The van der Waals surface area contributed by atoms with Gasteiger partial charge in [-0.15, -0.1) is 0 Å². The summed E-state index contributed by atoms with van der Waals surface area (Å²) in [4.78, 5) is 0. The van der Waals surface area contributed by atoms with E-state index in [9.17, 15) is 0 Å². The molecule has 1 heterocycles. The van der Waals surface area contributed by atoms with Gasteiger partial charge in [0.05, 0.1) is 6.61 Å². The fraction of sp³-hybridized carbons (Fsp3) is 1.00. The number of ether oxygens (including phenoxy) is 1. The maximum atomic E-state index is 5.52. The monoisotopic (exact) mass is 259 g/mol. The van der Waals surface area contributed by atoms with Crippen LogP contribution in [0.4, 0.5) is 0 Å². The van der Waals surface area contributed by atoms with Gasteiger partial charge in [-0.05, 0) is 25.3 Å². The molecule has 3 atom stereocenters. The molecule has 3 unspecified atom stereocenters. The first-order chi connectivity index (χ1) is 8.15. The van der Waals surface area contributed by atoms with Crippen molar-refractivity contribution in [2.45, 2.75) is 51.8 Å². The fourth-order valence-corrected chi connectivity index (χ4v) is 3.30. The molecule has 0 aromatic rings. The van der Waals surface area contributed by atoms with Crippen molar-refractivity contribution >= 4 is 11.8 Å². The van der Waals surface area contributed by atoms with Crippen LogP contribution in [0.2, 0.25) is 0 Å². The highest BCUT2D eigenvalue weighted by molar-refractivity contribution is 7.99. The van der Waals surface area contributed by atoms with Crippen molar-refractivity contribution in [1.82, 2.24) is 5.32 Å². The van der Waals surface area contributed by atoms with E-state index in [1.54, 1.807) is 0 Å². The molecule has 102 valence electrons. The third-order valence-corrected chi connectivity index (χ3v) is 5.29. The van der Waals surface area contributed by atoms with Gasteiger partial charge in [0.25, 0.3) is 0 Å². The predicted octanol–water partition coefficient (Wildman–Crippen LogP) is 3.17. The van der Waals surface area contributed by atoms with Crippen LogP contribution in [-0.4, -0.2) is 36.8 Å². The molecule has 0 saturated carbocycles. The molecule has 1 fully saturated rings. The Labute approximate surface area is 111 Å². The Balaban J connectivity index is 2.34. The molecule has 0 aromatic carbocycles. The number of hydrogen-bond donors (Lipinski definition) is 1. The number of thioether (sulfide) groups is 1. The van der Waals surface area contributed by atoms with Crippen LogP contribution >= 0.6 is 11.8 Å². The smallest absolute Gasteiger partial charge is 0.0510 e. The molecular weight excluding hydrogens is 230 g/mol. The van der Waals surface area contributed by atoms with Crippen molar-refractivity contribution in [3.05, 3.63) is 0 Å². The molecule has 0 radical (unpaired) electrons. The molecule has 0 spiro atoms. The number of rotatable bonds is 8. The molecule has 0 amide bonds. The van der Waals surface area contributed by atoms with Crippen LogP contribution in [0.15, 0.2) is 0 Å². The third-order valence-electron chi connectivity index (χ3n) is 3.67. The first kappa shape index (κ1) is 15.3. The highest BCUT2D eigenvalue weighted by atomic mass is 32.2. The van der Waals surface area contributed by atoms with Crippen LogP contribution in [-0.2, 0) is 4.74 Å². The van der Waals surface area contributed by atoms with Crippen molar-refractivity contribution in [3.8, 4) is 0 Å². The average Bonchev–Trinajstić information content (AvgIpc) is 2.82. The zero-order valence-electron chi connectivity index (χ0n) is 11.9. The van der Waals surface area contributed by atoms with Crippen LogP contribution in [0.25, 0.3) is 0 Å². The summed E-state index contributed by atoms with van der Waals surface area (Å²) < 4.78 is 5.52. The average molecular weight is 259 g/mol. The van der Waals surface area contributed by atoms with Crippen molar-refractivity contribution in [3.63, 3.8) is 0 Å². The van der Waals surface area contributed by atoms with Crippen LogP contribution in [0, 0.1) is 11.8 Å². The molecule has 0 bridgehead atoms. The quantitative estimate of drug-likeness (QED) is 0.723. The molecule has 1 rings (SSSR count). The minimum absolute atomic E-state index is 0.642. The van der Waals surface area contributed by atoms with E-state index < -0.39 is 0 Å². The zero-order chi connectivity index (χ0) is 12.7. The molecular formula is C14H29NOS. The maximum Gasteiger partial charge on any atom is 0.0510 e. The van der Waals surface area contributed by atoms with Crippen LogP contribution in [0.3, 0.4) is 0 Å². The van der Waals surface area contributed by atoms with Crippen molar-refractivity contribution in [2.24, 2.45) is 11.8 Å². The third kappa shape index (κ3) is 5.62. The van der Waals surface area contributed by atoms with E-state index in [1.807, 2.05) is 0 Å². The van der Waals surface area contributed by atoms with Crippen molar-refractivity contribution in [1.29, 1.82) is 0 Å². The summed E-state index contributed by atoms with van der Waals surface area (Å²) in [6, 6.07) is 0.642. The molecule has 3 heteroatoms. The standard InChI is InChI=1S/C14H29NOS/c1-5-7-15-14(13-6-8-16-9-13)10-17-12(4)11(2)3/h11-15H,5-10H2,1-4H3. The van der Waals surface area contributed by atoms with Gasteiger partial charge < -0.3 is 10.1 Å². The first-order valence-electron chi connectivity index (χ1n) is 7.07. The lowest BCUT2D eigenvalue weighted by molar-refractivity contribution is 0.179. The maximum absolute atomic E-state index is 5.52. The summed E-state index contributed by atoms with van der Waals surface area (Å²) in [5.41, 5.74) is 0. The Morgan fingerprint density at radius 2 is 2.12 bits per heavy atom. The lowest BCUT2D eigenvalue weighted by atomic mass is 10.0. The number of nitrogens with one attached hydrogen (secondary N) is 1. The van der Waals surface area contributed by atoms with E-state index in [0.717, 1.165) is 36.8 Å². The Morgan fingerprint density at radius 3 is 2.65 bits per heavy atom. The lowest BCUT2D eigenvalue weighted by Crippen LogP contribution is -2.39. The van der Waals surface area contributed by atoms with Crippen molar-refractivity contribution < 1.29 is 4.74 Å². The molecule has 2 nitrogen and oxygen atoms in total. The summed E-state index contributed by atoms with van der Waals surface area (Å²) >= 11 is 2.11. The van der Waals surface area contributed by atoms with E-state index in [2.05, 4.69) is 44.8 Å². The van der Waals surface area contributed by atoms with Gasteiger partial charge >= 0.3 is 0 Å². The van der Waals surface area contributed by atoms with E-state index >= 15 is 0 Å². The largest absolute Gasteiger partial charge is 0.381 e. The van der Waals surface area contributed by atoms with E-state index in [4.69, 9.17) is 4.74 Å². The predicted molar refractivity (Wildman–Crippen MR) is 77.8 cm³/mol. The highest BCUT2D eigenvalue weighted by Crippen LogP contribution is 2.24. The van der Waals surface area contributed by atoms with E-state index in [-0.39, 0.29) is 0 Å². The second-order valence-corrected chi connectivity index (χ2v) is 6.88. The van der Waals surface area contributed by atoms with Gasteiger partial charge in [-0.25, -0.2) is 0 Å². The second-order valence-electron chi connectivity index (χ2n) is 5.47. The molecule has 1 saturated heterocycles. The van der Waals surface area contributed by atoms with Gasteiger partial charge in [-0.3, -0.25) is 0 Å². The Bertz CT molecular complexity index is 193. The zero-order valence-corrected chi connectivity index (χ0v) is 12.7. The first-order valence-corrected chi connectivity index (χ1v) is 8.12. The topological polar surface area (TPSA) is 21.3 Å². The van der Waals surface area contributed by atoms with Gasteiger partial charge in [0.1, 0.15) is 0 Å². The van der Waals surface area contributed by atoms with Crippen molar-refractivity contribution in [2.75, 3.05) is 25.5 Å². The second kappa shape index (κ2) is 8.39. The Hall–Kier alpha value is 0.270. The molecule has 17 heavy (non-hydrogen) atoms. The van der Waals surface area contributed by atoms with Crippen LogP contribution in [0.1, 0.15) is 40.5 Å². The summed E-state index contributed by atoms with van der Waals surface area (Å²) in [7, 11) is 0. The molecule has 0 aromatic heterocycles. The molecule has 1 aliphatic rings.